The Morgan fingerprint density at radius 3 is 2.66 bits per heavy atom. The molecule has 1 amide bonds. The Labute approximate surface area is 170 Å². The minimum absolute atomic E-state index is 0.121. The van der Waals surface area contributed by atoms with E-state index in [1.54, 1.807) is 6.20 Å². The number of nitrogens with two attached hydrogens (primary N) is 1. The van der Waals surface area contributed by atoms with Crippen molar-refractivity contribution >= 4 is 16.8 Å². The van der Waals surface area contributed by atoms with Crippen molar-refractivity contribution in [2.45, 2.75) is 45.1 Å². The molecule has 3 aromatic rings. The number of amides is 1. The third kappa shape index (κ3) is 3.85. The number of aromatic amines is 1. The first kappa shape index (κ1) is 19.5. The molecule has 0 spiro atoms. The number of H-pyrrole nitrogens is 1. The molecule has 1 aliphatic heterocycles. The summed E-state index contributed by atoms with van der Waals surface area (Å²) in [5.74, 6) is 0.367. The Morgan fingerprint density at radius 1 is 1.21 bits per heavy atom. The van der Waals surface area contributed by atoms with Crippen LogP contribution in [-0.2, 0) is 11.3 Å². The molecule has 0 bridgehead atoms. The van der Waals surface area contributed by atoms with Crippen LogP contribution in [0.15, 0.2) is 41.3 Å². The van der Waals surface area contributed by atoms with Gasteiger partial charge in [0.2, 0.25) is 5.91 Å². The van der Waals surface area contributed by atoms with Crippen LogP contribution < -0.4 is 16.6 Å². The van der Waals surface area contributed by atoms with Crippen molar-refractivity contribution in [1.29, 1.82) is 0 Å². The summed E-state index contributed by atoms with van der Waals surface area (Å²) in [4.78, 5) is 27.0. The first-order chi connectivity index (χ1) is 13.9. The van der Waals surface area contributed by atoms with E-state index in [2.05, 4.69) is 42.3 Å². The van der Waals surface area contributed by atoms with Crippen LogP contribution in [0.5, 0.6) is 0 Å². The number of carbonyl (C=O) groups is 1. The molecule has 0 aliphatic carbocycles. The molecule has 2 aromatic heterocycles. The molecule has 6 heteroatoms. The predicted molar refractivity (Wildman–Crippen MR) is 116 cm³/mol. The molecule has 0 atom stereocenters. The first-order valence-electron chi connectivity index (χ1n) is 10.3. The summed E-state index contributed by atoms with van der Waals surface area (Å²) in [6.45, 7) is 6.38. The standard InChI is InChI=1S/C23H28N4O2/c1-14(2)22-18-11-16(15-7-9-25-10-8-15)3-5-19(18)26-23(22)17-4-6-21(29)27(12-17)13-20(24)28/h3-6,11-12,14-15,25-26H,7-10,13H2,1-2H3,(H2,24,28). The van der Waals surface area contributed by atoms with Crippen molar-refractivity contribution in [3.63, 3.8) is 0 Å². The maximum Gasteiger partial charge on any atom is 0.251 e. The number of hydrogen-bond acceptors (Lipinski definition) is 3. The maximum atomic E-state index is 12.1. The number of piperidine rings is 1. The summed E-state index contributed by atoms with van der Waals surface area (Å²) >= 11 is 0. The molecule has 29 heavy (non-hydrogen) atoms. The molecule has 0 saturated carbocycles. The average Bonchev–Trinajstić information content (AvgIpc) is 3.09. The largest absolute Gasteiger partial charge is 0.368 e. The number of nitrogens with zero attached hydrogens (tertiary/aromatic N) is 1. The van der Waals surface area contributed by atoms with E-state index in [0.29, 0.717) is 11.8 Å². The number of benzene rings is 1. The van der Waals surface area contributed by atoms with Gasteiger partial charge in [0, 0.05) is 28.7 Å². The fourth-order valence-electron chi connectivity index (χ4n) is 4.44. The lowest BCUT2D eigenvalue weighted by Gasteiger charge is -2.23. The van der Waals surface area contributed by atoms with Crippen LogP contribution >= 0.6 is 0 Å². The van der Waals surface area contributed by atoms with Crippen molar-refractivity contribution in [1.82, 2.24) is 14.9 Å². The molecule has 3 heterocycles. The van der Waals surface area contributed by atoms with Crippen LogP contribution in [-0.4, -0.2) is 28.5 Å². The SMILES string of the molecule is CC(C)c1c(-c2ccc(=O)n(CC(N)=O)c2)[nH]c2ccc(C3CCNCC3)cc12. The summed E-state index contributed by atoms with van der Waals surface area (Å²) in [5, 5.41) is 4.67. The molecule has 1 aromatic carbocycles. The average molecular weight is 393 g/mol. The monoisotopic (exact) mass is 392 g/mol. The van der Waals surface area contributed by atoms with E-state index in [1.807, 2.05) is 6.07 Å². The van der Waals surface area contributed by atoms with Crippen molar-refractivity contribution in [2.24, 2.45) is 5.73 Å². The fraction of sp³-hybridized carbons (Fsp3) is 0.391. The van der Waals surface area contributed by atoms with E-state index in [-0.39, 0.29) is 12.1 Å². The highest BCUT2D eigenvalue weighted by Gasteiger charge is 2.20. The van der Waals surface area contributed by atoms with Crippen molar-refractivity contribution in [3.05, 3.63) is 58.0 Å². The van der Waals surface area contributed by atoms with Gasteiger partial charge in [0.05, 0.1) is 5.69 Å². The van der Waals surface area contributed by atoms with E-state index < -0.39 is 5.91 Å². The molecular formula is C23H28N4O2. The van der Waals surface area contributed by atoms with Gasteiger partial charge in [0.1, 0.15) is 6.54 Å². The minimum atomic E-state index is -0.531. The maximum absolute atomic E-state index is 12.1. The zero-order chi connectivity index (χ0) is 20.5. The lowest BCUT2D eigenvalue weighted by Crippen LogP contribution is -2.27. The summed E-state index contributed by atoms with van der Waals surface area (Å²) < 4.78 is 1.37. The molecular weight excluding hydrogens is 364 g/mol. The lowest BCUT2D eigenvalue weighted by atomic mass is 9.88. The summed E-state index contributed by atoms with van der Waals surface area (Å²) in [6, 6.07) is 10.0. The van der Waals surface area contributed by atoms with E-state index in [0.717, 1.165) is 42.7 Å². The number of carbonyl (C=O) groups excluding carboxylic acids is 1. The van der Waals surface area contributed by atoms with E-state index >= 15 is 0 Å². The third-order valence-corrected chi connectivity index (χ3v) is 5.85. The van der Waals surface area contributed by atoms with E-state index in [9.17, 15) is 9.59 Å². The molecule has 4 rings (SSSR count). The fourth-order valence-corrected chi connectivity index (χ4v) is 4.44. The summed E-state index contributed by atoms with van der Waals surface area (Å²) in [6.07, 6.45) is 4.05. The molecule has 6 nitrogen and oxygen atoms in total. The Balaban J connectivity index is 1.83. The number of hydrogen-bond donors (Lipinski definition) is 3. The Kier molecular flexibility index (Phi) is 5.28. The van der Waals surface area contributed by atoms with Crippen LogP contribution in [0.4, 0.5) is 0 Å². The molecule has 1 aliphatic rings. The number of primary amides is 1. The van der Waals surface area contributed by atoms with Crippen molar-refractivity contribution < 1.29 is 4.79 Å². The Bertz CT molecular complexity index is 1100. The van der Waals surface area contributed by atoms with Gasteiger partial charge in [-0.05, 0) is 67.1 Å². The molecule has 4 N–H and O–H groups in total. The van der Waals surface area contributed by atoms with Gasteiger partial charge in [0.25, 0.3) is 5.56 Å². The van der Waals surface area contributed by atoms with Crippen LogP contribution in [0.2, 0.25) is 0 Å². The topological polar surface area (TPSA) is 92.9 Å². The quantitative estimate of drug-likeness (QED) is 0.623. The molecule has 0 unspecified atom stereocenters. The second-order valence-corrected chi connectivity index (χ2v) is 8.25. The van der Waals surface area contributed by atoms with E-state index in [4.69, 9.17) is 5.73 Å². The van der Waals surface area contributed by atoms with Crippen molar-refractivity contribution in [2.75, 3.05) is 13.1 Å². The molecule has 1 saturated heterocycles. The molecule has 1 fully saturated rings. The highest BCUT2D eigenvalue weighted by molar-refractivity contribution is 5.92. The Morgan fingerprint density at radius 2 is 1.97 bits per heavy atom. The normalized spacial score (nSPS) is 15.3. The highest BCUT2D eigenvalue weighted by Crippen LogP contribution is 2.37. The second kappa shape index (κ2) is 7.87. The lowest BCUT2D eigenvalue weighted by molar-refractivity contribution is -0.118. The van der Waals surface area contributed by atoms with Gasteiger partial charge in [-0.1, -0.05) is 19.9 Å². The zero-order valence-electron chi connectivity index (χ0n) is 17.0. The highest BCUT2D eigenvalue weighted by atomic mass is 16.2. The van der Waals surface area contributed by atoms with E-state index in [1.165, 1.54) is 27.1 Å². The first-order valence-corrected chi connectivity index (χ1v) is 10.3. The van der Waals surface area contributed by atoms with Crippen LogP contribution in [0.1, 0.15) is 49.7 Å². The third-order valence-electron chi connectivity index (χ3n) is 5.85. The number of fused-ring (bicyclic) bond motifs is 1. The van der Waals surface area contributed by atoms with Gasteiger partial charge in [0.15, 0.2) is 0 Å². The van der Waals surface area contributed by atoms with Gasteiger partial charge in [-0.2, -0.15) is 0 Å². The van der Waals surface area contributed by atoms with Gasteiger partial charge < -0.3 is 20.6 Å². The Hall–Kier alpha value is -2.86. The van der Waals surface area contributed by atoms with Crippen LogP contribution in [0.3, 0.4) is 0 Å². The number of nitrogens with one attached hydrogen (secondary N) is 2. The minimum Gasteiger partial charge on any atom is -0.368 e. The van der Waals surface area contributed by atoms with Crippen molar-refractivity contribution in [3.8, 4) is 11.3 Å². The second-order valence-electron chi connectivity index (χ2n) is 8.25. The summed E-state index contributed by atoms with van der Waals surface area (Å²) in [7, 11) is 0. The smallest absolute Gasteiger partial charge is 0.251 e. The molecule has 152 valence electrons. The summed E-state index contributed by atoms with van der Waals surface area (Å²) in [5.41, 5.74) is 10.7. The number of pyridine rings is 1. The predicted octanol–water partition coefficient (Wildman–Crippen LogP) is 3.07. The van der Waals surface area contributed by atoms with Gasteiger partial charge in [-0.3, -0.25) is 9.59 Å². The number of aromatic nitrogens is 2. The van der Waals surface area contributed by atoms with Gasteiger partial charge in [-0.15, -0.1) is 0 Å². The number of rotatable bonds is 5. The van der Waals surface area contributed by atoms with Crippen LogP contribution in [0.25, 0.3) is 22.2 Å². The zero-order valence-corrected chi connectivity index (χ0v) is 17.0. The van der Waals surface area contributed by atoms with Crippen LogP contribution in [0, 0.1) is 0 Å². The van der Waals surface area contributed by atoms with Gasteiger partial charge in [-0.25, -0.2) is 0 Å². The van der Waals surface area contributed by atoms with Gasteiger partial charge >= 0.3 is 0 Å². The molecule has 0 radical (unpaired) electrons.